The van der Waals surface area contributed by atoms with Crippen LogP contribution in [0.15, 0.2) is 0 Å². The Kier molecular flexibility index (Phi) is 5.60. The number of nitrogens with two attached hydrogens (primary N) is 1. The van der Waals surface area contributed by atoms with Crippen LogP contribution in [0, 0.1) is 5.92 Å². The third-order valence-electron chi connectivity index (χ3n) is 2.99. The van der Waals surface area contributed by atoms with Gasteiger partial charge in [0.2, 0.25) is 0 Å². The van der Waals surface area contributed by atoms with Gasteiger partial charge in [0.15, 0.2) is 0 Å². The summed E-state index contributed by atoms with van der Waals surface area (Å²) in [4.78, 5) is 11.5. The molecule has 16 heavy (non-hydrogen) atoms. The van der Waals surface area contributed by atoms with Crippen LogP contribution in [-0.4, -0.2) is 24.7 Å². The Morgan fingerprint density at radius 2 is 2.00 bits per heavy atom. The van der Waals surface area contributed by atoms with Gasteiger partial charge in [-0.05, 0) is 25.2 Å². The lowest BCUT2D eigenvalue weighted by Gasteiger charge is -2.17. The number of carbonyl (C=O) groups excluding carboxylic acids is 1. The summed E-state index contributed by atoms with van der Waals surface area (Å²) in [6.45, 7) is 4.84. The van der Waals surface area contributed by atoms with Crippen LogP contribution in [0.4, 0.5) is 4.79 Å². The zero-order chi connectivity index (χ0) is 12.0. The van der Waals surface area contributed by atoms with Crippen molar-refractivity contribution in [2.45, 2.75) is 58.0 Å². The minimum absolute atomic E-state index is 0.0638. The summed E-state index contributed by atoms with van der Waals surface area (Å²) in [6, 6.07) is 0.377. The predicted octanol–water partition coefficient (Wildman–Crippen LogP) is 1.60. The smallest absolute Gasteiger partial charge is 0.315 e. The van der Waals surface area contributed by atoms with Gasteiger partial charge >= 0.3 is 6.03 Å². The summed E-state index contributed by atoms with van der Waals surface area (Å²) in [5.41, 5.74) is 5.89. The molecule has 0 spiro atoms. The van der Waals surface area contributed by atoms with Crippen LogP contribution in [0.2, 0.25) is 0 Å². The molecule has 4 N–H and O–H groups in total. The molecule has 0 saturated heterocycles. The predicted molar refractivity (Wildman–Crippen MR) is 66.2 cm³/mol. The molecule has 0 bridgehead atoms. The van der Waals surface area contributed by atoms with Gasteiger partial charge in [-0.3, -0.25) is 0 Å². The van der Waals surface area contributed by atoms with Crippen LogP contribution in [0.5, 0.6) is 0 Å². The molecule has 1 fully saturated rings. The zero-order valence-electron chi connectivity index (χ0n) is 10.5. The van der Waals surface area contributed by atoms with Crippen LogP contribution in [-0.2, 0) is 0 Å². The van der Waals surface area contributed by atoms with E-state index in [2.05, 4.69) is 24.5 Å². The van der Waals surface area contributed by atoms with Gasteiger partial charge in [-0.1, -0.05) is 26.7 Å². The first-order valence-corrected chi connectivity index (χ1v) is 6.38. The summed E-state index contributed by atoms with van der Waals surface area (Å²) in [7, 11) is 0. The molecule has 1 aliphatic carbocycles. The van der Waals surface area contributed by atoms with E-state index in [1.54, 1.807) is 0 Å². The Morgan fingerprint density at radius 1 is 1.38 bits per heavy atom. The fourth-order valence-corrected chi connectivity index (χ4v) is 2.22. The molecule has 1 atom stereocenters. The van der Waals surface area contributed by atoms with Gasteiger partial charge in [-0.15, -0.1) is 0 Å². The highest BCUT2D eigenvalue weighted by molar-refractivity contribution is 5.74. The quantitative estimate of drug-likeness (QED) is 0.668. The van der Waals surface area contributed by atoms with E-state index in [1.165, 1.54) is 12.8 Å². The van der Waals surface area contributed by atoms with E-state index in [9.17, 15) is 4.79 Å². The number of amides is 2. The highest BCUT2D eigenvalue weighted by atomic mass is 16.2. The van der Waals surface area contributed by atoms with Gasteiger partial charge in [0.05, 0.1) is 0 Å². The molecule has 1 rings (SSSR count). The normalized spacial score (nSPS) is 18.8. The van der Waals surface area contributed by atoms with E-state index >= 15 is 0 Å². The summed E-state index contributed by atoms with van der Waals surface area (Å²) in [5, 5.41) is 5.82. The van der Waals surface area contributed by atoms with Crippen molar-refractivity contribution in [2.75, 3.05) is 6.54 Å². The Bertz CT molecular complexity index is 212. The van der Waals surface area contributed by atoms with E-state index in [0.29, 0.717) is 18.5 Å². The second-order valence-electron chi connectivity index (χ2n) is 5.23. The third-order valence-corrected chi connectivity index (χ3v) is 2.99. The first-order valence-electron chi connectivity index (χ1n) is 6.38. The molecule has 0 aromatic heterocycles. The molecule has 0 aromatic carbocycles. The first-order chi connectivity index (χ1) is 7.58. The summed E-state index contributed by atoms with van der Waals surface area (Å²) in [6.07, 6.45) is 5.65. The molecule has 1 unspecified atom stereocenters. The molecule has 4 nitrogen and oxygen atoms in total. The average molecular weight is 227 g/mol. The monoisotopic (exact) mass is 227 g/mol. The summed E-state index contributed by atoms with van der Waals surface area (Å²) >= 11 is 0. The molecular weight excluding hydrogens is 202 g/mol. The fraction of sp³-hybridized carbons (Fsp3) is 0.917. The molecule has 0 heterocycles. The number of rotatable bonds is 5. The molecule has 1 saturated carbocycles. The van der Waals surface area contributed by atoms with E-state index < -0.39 is 0 Å². The second-order valence-corrected chi connectivity index (χ2v) is 5.23. The lowest BCUT2D eigenvalue weighted by Crippen LogP contribution is -2.45. The minimum atomic E-state index is -0.0638. The lowest BCUT2D eigenvalue weighted by atomic mass is 10.0. The van der Waals surface area contributed by atoms with Crippen LogP contribution < -0.4 is 16.4 Å². The van der Waals surface area contributed by atoms with Gasteiger partial charge in [0, 0.05) is 18.6 Å². The van der Waals surface area contributed by atoms with Crippen molar-refractivity contribution >= 4 is 6.03 Å². The van der Waals surface area contributed by atoms with Gasteiger partial charge < -0.3 is 16.4 Å². The van der Waals surface area contributed by atoms with Crippen molar-refractivity contribution in [1.82, 2.24) is 10.6 Å². The molecule has 94 valence electrons. The highest BCUT2D eigenvalue weighted by Crippen LogP contribution is 2.17. The topological polar surface area (TPSA) is 67.1 Å². The third kappa shape index (κ3) is 5.35. The van der Waals surface area contributed by atoms with Crippen molar-refractivity contribution < 1.29 is 4.79 Å². The van der Waals surface area contributed by atoms with Crippen molar-refractivity contribution in [3.05, 3.63) is 0 Å². The number of hydrogen-bond donors (Lipinski definition) is 3. The van der Waals surface area contributed by atoms with E-state index in [1.807, 2.05) is 0 Å². The van der Waals surface area contributed by atoms with Crippen molar-refractivity contribution in [2.24, 2.45) is 11.7 Å². The SMILES string of the molecule is CC(C)CC(N)CNC(=O)NC1CCCC1. The van der Waals surface area contributed by atoms with Gasteiger partial charge in [-0.25, -0.2) is 4.79 Å². The molecular formula is C12H25N3O. The molecule has 0 aliphatic heterocycles. The molecule has 1 aliphatic rings. The Morgan fingerprint density at radius 3 is 2.56 bits per heavy atom. The van der Waals surface area contributed by atoms with Crippen LogP contribution >= 0.6 is 0 Å². The minimum Gasteiger partial charge on any atom is -0.337 e. The number of nitrogens with one attached hydrogen (secondary N) is 2. The maximum absolute atomic E-state index is 11.5. The molecule has 2 amide bonds. The Labute approximate surface area is 98.3 Å². The highest BCUT2D eigenvalue weighted by Gasteiger charge is 2.17. The maximum Gasteiger partial charge on any atom is 0.315 e. The van der Waals surface area contributed by atoms with Gasteiger partial charge in [-0.2, -0.15) is 0 Å². The summed E-state index contributed by atoms with van der Waals surface area (Å²) in [5.74, 6) is 0.578. The van der Waals surface area contributed by atoms with Crippen LogP contribution in [0.3, 0.4) is 0 Å². The Balaban J connectivity index is 2.09. The van der Waals surface area contributed by atoms with E-state index in [0.717, 1.165) is 19.3 Å². The number of urea groups is 1. The van der Waals surface area contributed by atoms with E-state index in [4.69, 9.17) is 5.73 Å². The first kappa shape index (κ1) is 13.3. The molecule has 4 heteroatoms. The van der Waals surface area contributed by atoms with Crippen molar-refractivity contribution in [3.63, 3.8) is 0 Å². The number of carbonyl (C=O) groups is 1. The van der Waals surface area contributed by atoms with Crippen LogP contribution in [0.1, 0.15) is 46.0 Å². The van der Waals surface area contributed by atoms with Gasteiger partial charge in [0.25, 0.3) is 0 Å². The standard InChI is InChI=1S/C12H25N3O/c1-9(2)7-10(13)8-14-12(16)15-11-5-3-4-6-11/h9-11H,3-8,13H2,1-2H3,(H2,14,15,16). The zero-order valence-corrected chi connectivity index (χ0v) is 10.5. The fourth-order valence-electron chi connectivity index (χ4n) is 2.22. The average Bonchev–Trinajstić information content (AvgIpc) is 2.66. The van der Waals surface area contributed by atoms with Crippen molar-refractivity contribution in [3.8, 4) is 0 Å². The van der Waals surface area contributed by atoms with Gasteiger partial charge in [0.1, 0.15) is 0 Å². The van der Waals surface area contributed by atoms with E-state index in [-0.39, 0.29) is 12.1 Å². The second kappa shape index (κ2) is 6.74. The number of hydrogen-bond acceptors (Lipinski definition) is 2. The Hall–Kier alpha value is -0.770. The largest absolute Gasteiger partial charge is 0.337 e. The van der Waals surface area contributed by atoms with Crippen LogP contribution in [0.25, 0.3) is 0 Å². The maximum atomic E-state index is 11.5. The molecule has 0 radical (unpaired) electrons. The lowest BCUT2D eigenvalue weighted by molar-refractivity contribution is 0.236. The summed E-state index contributed by atoms with van der Waals surface area (Å²) < 4.78 is 0. The molecule has 0 aromatic rings. The van der Waals surface area contributed by atoms with Crippen molar-refractivity contribution in [1.29, 1.82) is 0 Å².